The number of fused-ring (bicyclic) bond motifs is 1. The summed E-state index contributed by atoms with van der Waals surface area (Å²) in [6.07, 6.45) is 3.41. The third kappa shape index (κ3) is 4.32. The number of thioether (sulfide) groups is 2. The first-order chi connectivity index (χ1) is 16.0. The summed E-state index contributed by atoms with van der Waals surface area (Å²) in [7, 11) is 0. The van der Waals surface area contributed by atoms with Crippen LogP contribution in [0.3, 0.4) is 0 Å². The van der Waals surface area contributed by atoms with Crippen molar-refractivity contribution in [3.63, 3.8) is 0 Å². The summed E-state index contributed by atoms with van der Waals surface area (Å²) in [5, 5.41) is 0. The number of benzene rings is 1. The molecule has 33 heavy (non-hydrogen) atoms. The van der Waals surface area contributed by atoms with E-state index in [1.54, 1.807) is 21.6 Å². The standard InChI is InChI=1S/C24H22N4O2S3/c1-16-6-5-9-27-20(16)25-21(26-10-12-32-13-11-26)18(22(27)29)14-19-23(30)28(24(31)33-19)15-17-7-3-2-4-8-17/h2-9,14H,10-13,15H2,1H3. The molecule has 0 saturated carbocycles. The van der Waals surface area contributed by atoms with Crippen molar-refractivity contribution in [1.29, 1.82) is 0 Å². The molecule has 0 spiro atoms. The molecular formula is C24H22N4O2S3. The van der Waals surface area contributed by atoms with Crippen LogP contribution in [0.25, 0.3) is 11.7 Å². The smallest absolute Gasteiger partial charge is 0.267 e. The van der Waals surface area contributed by atoms with Crippen molar-refractivity contribution in [3.05, 3.63) is 80.6 Å². The van der Waals surface area contributed by atoms with Crippen LogP contribution in [0.15, 0.2) is 58.4 Å². The molecular weight excluding hydrogens is 472 g/mol. The van der Waals surface area contributed by atoms with E-state index in [0.29, 0.717) is 32.8 Å². The summed E-state index contributed by atoms with van der Waals surface area (Å²) in [4.78, 5) is 35.9. The molecule has 2 aromatic heterocycles. The molecule has 9 heteroatoms. The van der Waals surface area contributed by atoms with Gasteiger partial charge >= 0.3 is 0 Å². The fourth-order valence-electron chi connectivity index (χ4n) is 3.98. The molecule has 0 atom stereocenters. The van der Waals surface area contributed by atoms with Gasteiger partial charge in [-0.05, 0) is 30.2 Å². The molecule has 4 heterocycles. The van der Waals surface area contributed by atoms with Crippen LogP contribution in [-0.2, 0) is 11.3 Å². The van der Waals surface area contributed by atoms with Crippen LogP contribution in [0.2, 0.25) is 0 Å². The van der Waals surface area contributed by atoms with E-state index in [9.17, 15) is 9.59 Å². The zero-order valence-corrected chi connectivity index (χ0v) is 20.5. The minimum absolute atomic E-state index is 0.176. The van der Waals surface area contributed by atoms with Gasteiger partial charge in [-0.15, -0.1) is 0 Å². The van der Waals surface area contributed by atoms with Crippen molar-refractivity contribution in [2.75, 3.05) is 29.5 Å². The second kappa shape index (κ2) is 9.32. The van der Waals surface area contributed by atoms with Gasteiger partial charge in [0.25, 0.3) is 11.5 Å². The lowest BCUT2D eigenvalue weighted by Crippen LogP contribution is -2.36. The van der Waals surface area contributed by atoms with E-state index < -0.39 is 0 Å². The summed E-state index contributed by atoms with van der Waals surface area (Å²) < 4.78 is 2.06. The minimum Gasteiger partial charge on any atom is -0.354 e. The molecule has 0 N–H and O–H groups in total. The van der Waals surface area contributed by atoms with Crippen molar-refractivity contribution in [2.24, 2.45) is 0 Å². The van der Waals surface area contributed by atoms with Gasteiger partial charge in [-0.25, -0.2) is 4.98 Å². The number of carbonyl (C=O) groups excluding carboxylic acids is 1. The van der Waals surface area contributed by atoms with Crippen LogP contribution in [0, 0.1) is 6.92 Å². The van der Waals surface area contributed by atoms with E-state index in [1.165, 1.54) is 11.8 Å². The van der Waals surface area contributed by atoms with E-state index in [4.69, 9.17) is 17.2 Å². The van der Waals surface area contributed by atoms with Gasteiger partial charge in [0.1, 0.15) is 15.8 Å². The maximum Gasteiger partial charge on any atom is 0.267 e. The predicted molar refractivity (Wildman–Crippen MR) is 141 cm³/mol. The van der Waals surface area contributed by atoms with E-state index in [-0.39, 0.29) is 11.5 Å². The second-order valence-electron chi connectivity index (χ2n) is 7.89. The Morgan fingerprint density at radius 3 is 2.61 bits per heavy atom. The molecule has 0 bridgehead atoms. The maximum absolute atomic E-state index is 13.6. The number of hydrogen-bond donors (Lipinski definition) is 0. The van der Waals surface area contributed by atoms with Gasteiger partial charge in [0, 0.05) is 30.8 Å². The van der Waals surface area contributed by atoms with E-state index >= 15 is 0 Å². The first kappa shape index (κ1) is 22.2. The lowest BCUT2D eigenvalue weighted by molar-refractivity contribution is -0.122. The maximum atomic E-state index is 13.6. The van der Waals surface area contributed by atoms with Gasteiger partial charge in [-0.3, -0.25) is 18.9 Å². The highest BCUT2D eigenvalue weighted by Gasteiger charge is 2.33. The Morgan fingerprint density at radius 2 is 1.85 bits per heavy atom. The van der Waals surface area contributed by atoms with E-state index in [2.05, 4.69) is 4.90 Å². The number of nitrogens with zero attached hydrogens (tertiary/aromatic N) is 4. The Bertz CT molecular complexity index is 1330. The third-order valence-electron chi connectivity index (χ3n) is 5.71. The van der Waals surface area contributed by atoms with Crippen molar-refractivity contribution in [3.8, 4) is 0 Å². The number of aromatic nitrogens is 2. The average Bonchev–Trinajstić information content (AvgIpc) is 3.10. The largest absolute Gasteiger partial charge is 0.354 e. The molecule has 168 valence electrons. The van der Waals surface area contributed by atoms with Crippen LogP contribution in [0.5, 0.6) is 0 Å². The van der Waals surface area contributed by atoms with Crippen LogP contribution in [-0.4, -0.2) is 49.1 Å². The van der Waals surface area contributed by atoms with Gasteiger partial charge < -0.3 is 4.90 Å². The average molecular weight is 495 g/mol. The van der Waals surface area contributed by atoms with Crippen LogP contribution >= 0.6 is 35.7 Å². The molecule has 6 nitrogen and oxygen atoms in total. The molecule has 5 rings (SSSR count). The summed E-state index contributed by atoms with van der Waals surface area (Å²) in [5.41, 5.74) is 2.84. The Kier molecular flexibility index (Phi) is 6.27. The Labute approximate surface area is 205 Å². The van der Waals surface area contributed by atoms with Crippen molar-refractivity contribution in [2.45, 2.75) is 13.5 Å². The molecule has 2 fully saturated rings. The number of pyridine rings is 1. The fourth-order valence-corrected chi connectivity index (χ4v) is 6.12. The summed E-state index contributed by atoms with van der Waals surface area (Å²) in [5.74, 6) is 2.42. The Balaban J connectivity index is 1.59. The number of thiocarbonyl (C=S) groups is 1. The summed E-state index contributed by atoms with van der Waals surface area (Å²) in [6.45, 7) is 3.99. The van der Waals surface area contributed by atoms with Crippen molar-refractivity contribution in [1.82, 2.24) is 14.3 Å². The summed E-state index contributed by atoms with van der Waals surface area (Å²) in [6, 6.07) is 13.5. The minimum atomic E-state index is -0.178. The lowest BCUT2D eigenvalue weighted by Gasteiger charge is -2.29. The van der Waals surface area contributed by atoms with Gasteiger partial charge in [-0.1, -0.05) is 60.4 Å². The highest BCUT2D eigenvalue weighted by molar-refractivity contribution is 8.26. The summed E-state index contributed by atoms with van der Waals surface area (Å²) >= 11 is 8.64. The van der Waals surface area contributed by atoms with Crippen molar-refractivity contribution >= 4 is 63.5 Å². The van der Waals surface area contributed by atoms with Crippen LogP contribution in [0.4, 0.5) is 5.82 Å². The highest BCUT2D eigenvalue weighted by Crippen LogP contribution is 2.34. The predicted octanol–water partition coefficient (Wildman–Crippen LogP) is 3.96. The molecule has 0 radical (unpaired) electrons. The van der Waals surface area contributed by atoms with Gasteiger partial charge in [0.15, 0.2) is 0 Å². The molecule has 1 aromatic carbocycles. The molecule has 3 aromatic rings. The molecule has 0 unspecified atom stereocenters. The lowest BCUT2D eigenvalue weighted by atomic mass is 10.2. The number of aryl methyl sites for hydroxylation is 1. The van der Waals surface area contributed by atoms with E-state index in [1.807, 2.05) is 61.2 Å². The zero-order chi connectivity index (χ0) is 22.9. The molecule has 1 amide bonds. The monoisotopic (exact) mass is 494 g/mol. The van der Waals surface area contributed by atoms with Crippen molar-refractivity contribution < 1.29 is 4.79 Å². The van der Waals surface area contributed by atoms with Gasteiger partial charge in [0.05, 0.1) is 17.0 Å². The third-order valence-corrected chi connectivity index (χ3v) is 8.03. The zero-order valence-electron chi connectivity index (χ0n) is 18.1. The normalized spacial score (nSPS) is 18.0. The second-order valence-corrected chi connectivity index (χ2v) is 10.8. The Hall–Kier alpha value is -2.62. The van der Waals surface area contributed by atoms with Gasteiger partial charge in [0.2, 0.25) is 0 Å². The molecule has 0 aliphatic carbocycles. The SMILES string of the molecule is Cc1cccn2c(=O)c(C=C3SC(=S)N(Cc4ccccc4)C3=O)c(N3CCSCC3)nc12. The fraction of sp³-hybridized carbons (Fsp3) is 0.250. The number of hydrogen-bond acceptors (Lipinski definition) is 7. The number of anilines is 1. The number of amides is 1. The number of rotatable bonds is 4. The van der Waals surface area contributed by atoms with Gasteiger partial charge in [-0.2, -0.15) is 11.8 Å². The molecule has 2 aliphatic heterocycles. The molecule has 2 aliphatic rings. The quantitative estimate of drug-likeness (QED) is 0.402. The first-order valence-corrected chi connectivity index (χ1v) is 13.0. The Morgan fingerprint density at radius 1 is 1.09 bits per heavy atom. The van der Waals surface area contributed by atoms with E-state index in [0.717, 1.165) is 35.7 Å². The first-order valence-electron chi connectivity index (χ1n) is 10.7. The number of carbonyl (C=O) groups is 1. The molecule has 2 saturated heterocycles. The van der Waals surface area contributed by atoms with Crippen LogP contribution in [0.1, 0.15) is 16.7 Å². The highest BCUT2D eigenvalue weighted by atomic mass is 32.2. The topological polar surface area (TPSA) is 57.9 Å². The van der Waals surface area contributed by atoms with Crippen LogP contribution < -0.4 is 10.5 Å².